The van der Waals surface area contributed by atoms with Crippen LogP contribution in [0.15, 0.2) is 28.7 Å². The molecule has 1 aromatic rings. The number of nitrogens with two attached hydrogens (primary N) is 1. The van der Waals surface area contributed by atoms with Gasteiger partial charge in [0.1, 0.15) is 0 Å². The van der Waals surface area contributed by atoms with E-state index in [9.17, 15) is 4.79 Å². The van der Waals surface area contributed by atoms with Gasteiger partial charge in [0.25, 0.3) is 0 Å². The number of nitrogens with one attached hydrogen (secondary N) is 1. The Morgan fingerprint density at radius 1 is 1.30 bits per heavy atom. The summed E-state index contributed by atoms with van der Waals surface area (Å²) in [5, 5.41) is 3.08. The Bertz CT molecular complexity index is 444. The van der Waals surface area contributed by atoms with E-state index in [4.69, 9.17) is 5.73 Å². The number of rotatable bonds is 6. The fraction of sp³-hybridized carbons (Fsp3) is 0.562. The molecule has 1 amide bonds. The van der Waals surface area contributed by atoms with Crippen molar-refractivity contribution < 1.29 is 4.79 Å². The zero-order chi connectivity index (χ0) is 15.3. The molecule has 0 radical (unpaired) electrons. The number of hydrogen-bond donors (Lipinski definition) is 2. The van der Waals surface area contributed by atoms with Crippen LogP contribution >= 0.6 is 15.9 Å². The Hall–Kier alpha value is -0.870. The molecular formula is C16H25BrN2O. The highest BCUT2D eigenvalue weighted by molar-refractivity contribution is 9.10. The molecule has 2 atom stereocenters. The first kappa shape index (κ1) is 17.2. The Morgan fingerprint density at radius 2 is 1.85 bits per heavy atom. The van der Waals surface area contributed by atoms with E-state index in [1.165, 1.54) is 5.56 Å². The highest BCUT2D eigenvalue weighted by atomic mass is 79.9. The van der Waals surface area contributed by atoms with Crippen molar-refractivity contribution >= 4 is 21.8 Å². The molecule has 0 fully saturated rings. The Morgan fingerprint density at radius 3 is 2.30 bits per heavy atom. The van der Waals surface area contributed by atoms with Crippen LogP contribution in [0.2, 0.25) is 0 Å². The summed E-state index contributed by atoms with van der Waals surface area (Å²) < 4.78 is 1.05. The van der Waals surface area contributed by atoms with Crippen LogP contribution in [0.3, 0.4) is 0 Å². The van der Waals surface area contributed by atoms with Crippen LogP contribution in [0.1, 0.15) is 45.6 Å². The minimum Gasteiger partial charge on any atom is -0.349 e. The average Bonchev–Trinajstić information content (AvgIpc) is 2.38. The maximum atomic E-state index is 12.2. The van der Waals surface area contributed by atoms with Crippen molar-refractivity contribution in [2.75, 3.05) is 6.54 Å². The number of hydrogen-bond acceptors (Lipinski definition) is 2. The molecule has 0 heterocycles. The third-order valence-corrected chi connectivity index (χ3v) is 4.58. The van der Waals surface area contributed by atoms with E-state index in [2.05, 4.69) is 42.0 Å². The minimum atomic E-state index is -0.337. The van der Waals surface area contributed by atoms with Crippen LogP contribution in [-0.4, -0.2) is 18.0 Å². The van der Waals surface area contributed by atoms with Gasteiger partial charge < -0.3 is 11.1 Å². The molecule has 3 nitrogen and oxygen atoms in total. The summed E-state index contributed by atoms with van der Waals surface area (Å²) in [5.41, 5.74) is 6.63. The van der Waals surface area contributed by atoms with E-state index in [1.807, 2.05) is 31.2 Å². The van der Waals surface area contributed by atoms with Gasteiger partial charge in [-0.15, -0.1) is 0 Å². The van der Waals surface area contributed by atoms with E-state index in [-0.39, 0.29) is 17.4 Å². The largest absolute Gasteiger partial charge is 0.349 e. The van der Waals surface area contributed by atoms with Gasteiger partial charge in [-0.05, 0) is 36.5 Å². The molecule has 1 aromatic carbocycles. The molecule has 0 aliphatic rings. The van der Waals surface area contributed by atoms with Crippen LogP contribution in [0, 0.1) is 5.92 Å². The highest BCUT2D eigenvalue weighted by Crippen LogP contribution is 2.22. The molecule has 3 N–H and O–H groups in total. The molecule has 0 saturated carbocycles. The summed E-state index contributed by atoms with van der Waals surface area (Å²) in [6, 6.07) is 8.10. The van der Waals surface area contributed by atoms with Gasteiger partial charge in [0.15, 0.2) is 0 Å². The quantitative estimate of drug-likeness (QED) is 0.833. The summed E-state index contributed by atoms with van der Waals surface area (Å²) >= 11 is 3.42. The van der Waals surface area contributed by atoms with Crippen molar-refractivity contribution in [1.82, 2.24) is 5.32 Å². The molecule has 0 bridgehead atoms. The summed E-state index contributed by atoms with van der Waals surface area (Å²) in [5.74, 6) is 0.554. The predicted molar refractivity (Wildman–Crippen MR) is 87.6 cm³/mol. The van der Waals surface area contributed by atoms with E-state index < -0.39 is 0 Å². The molecule has 4 heteroatoms. The topological polar surface area (TPSA) is 55.1 Å². The van der Waals surface area contributed by atoms with Crippen molar-refractivity contribution in [3.63, 3.8) is 0 Å². The van der Waals surface area contributed by atoms with Crippen LogP contribution < -0.4 is 11.1 Å². The monoisotopic (exact) mass is 340 g/mol. The van der Waals surface area contributed by atoms with E-state index in [1.54, 1.807) is 0 Å². The molecule has 0 spiro atoms. The van der Waals surface area contributed by atoms with E-state index in [0.29, 0.717) is 18.9 Å². The lowest BCUT2D eigenvalue weighted by atomic mass is 9.88. The molecule has 0 saturated heterocycles. The fourth-order valence-corrected chi connectivity index (χ4v) is 2.25. The zero-order valence-electron chi connectivity index (χ0n) is 12.7. The summed E-state index contributed by atoms with van der Waals surface area (Å²) in [4.78, 5) is 12.2. The lowest BCUT2D eigenvalue weighted by Gasteiger charge is -2.34. The lowest BCUT2D eigenvalue weighted by molar-refractivity contribution is -0.123. The molecule has 0 aliphatic heterocycles. The molecule has 0 aromatic heterocycles. The van der Waals surface area contributed by atoms with Gasteiger partial charge in [-0.3, -0.25) is 4.79 Å². The van der Waals surface area contributed by atoms with Crippen LogP contribution in [0.4, 0.5) is 0 Å². The van der Waals surface area contributed by atoms with Gasteiger partial charge in [-0.2, -0.15) is 0 Å². The molecular weight excluding hydrogens is 316 g/mol. The second-order valence-corrected chi connectivity index (χ2v) is 6.90. The SMILES string of the molecule is CC(CC(=O)NC(C)(CN)C(C)C)c1ccc(Br)cc1. The van der Waals surface area contributed by atoms with E-state index in [0.717, 1.165) is 4.47 Å². The van der Waals surface area contributed by atoms with Crippen molar-refractivity contribution in [1.29, 1.82) is 0 Å². The third-order valence-electron chi connectivity index (χ3n) is 4.05. The first-order valence-corrected chi connectivity index (χ1v) is 7.84. The zero-order valence-corrected chi connectivity index (χ0v) is 14.3. The summed E-state index contributed by atoms with van der Waals surface area (Å²) in [7, 11) is 0. The van der Waals surface area contributed by atoms with Gasteiger partial charge in [0, 0.05) is 17.4 Å². The lowest BCUT2D eigenvalue weighted by Crippen LogP contribution is -2.55. The van der Waals surface area contributed by atoms with Gasteiger partial charge in [0.2, 0.25) is 5.91 Å². The maximum absolute atomic E-state index is 12.2. The number of carbonyl (C=O) groups is 1. The molecule has 2 unspecified atom stereocenters. The van der Waals surface area contributed by atoms with Gasteiger partial charge >= 0.3 is 0 Å². The standard InChI is InChI=1S/C16H25BrN2O/c1-11(2)16(4,10-18)19-15(20)9-12(3)13-5-7-14(17)8-6-13/h5-8,11-12H,9-10,18H2,1-4H3,(H,19,20). The van der Waals surface area contributed by atoms with Crippen molar-refractivity contribution in [3.8, 4) is 0 Å². The third kappa shape index (κ3) is 4.60. The van der Waals surface area contributed by atoms with Crippen LogP contribution in [0.25, 0.3) is 0 Å². The summed E-state index contributed by atoms with van der Waals surface area (Å²) in [6.45, 7) is 8.66. The number of halogens is 1. The van der Waals surface area contributed by atoms with Gasteiger partial charge in [-0.1, -0.05) is 48.8 Å². The Kier molecular flexibility index (Phi) is 6.21. The second kappa shape index (κ2) is 7.23. The molecule has 112 valence electrons. The Labute approximate surface area is 130 Å². The normalized spacial score (nSPS) is 15.8. The maximum Gasteiger partial charge on any atom is 0.221 e. The van der Waals surface area contributed by atoms with E-state index >= 15 is 0 Å². The number of amides is 1. The molecule has 1 rings (SSSR count). The smallest absolute Gasteiger partial charge is 0.221 e. The summed E-state index contributed by atoms with van der Waals surface area (Å²) in [6.07, 6.45) is 0.476. The first-order valence-electron chi connectivity index (χ1n) is 7.05. The second-order valence-electron chi connectivity index (χ2n) is 5.98. The van der Waals surface area contributed by atoms with Crippen LogP contribution in [-0.2, 0) is 4.79 Å². The average molecular weight is 341 g/mol. The van der Waals surface area contributed by atoms with Crippen LogP contribution in [0.5, 0.6) is 0 Å². The number of benzene rings is 1. The van der Waals surface area contributed by atoms with Crippen molar-refractivity contribution in [2.24, 2.45) is 11.7 Å². The van der Waals surface area contributed by atoms with Crippen molar-refractivity contribution in [3.05, 3.63) is 34.3 Å². The van der Waals surface area contributed by atoms with Gasteiger partial charge in [0.05, 0.1) is 5.54 Å². The fourth-order valence-electron chi connectivity index (χ4n) is 1.99. The highest BCUT2D eigenvalue weighted by Gasteiger charge is 2.28. The number of carbonyl (C=O) groups excluding carboxylic acids is 1. The molecule has 20 heavy (non-hydrogen) atoms. The predicted octanol–water partition coefficient (Wildman–Crippen LogP) is 3.43. The first-order chi connectivity index (χ1) is 9.28. The van der Waals surface area contributed by atoms with Gasteiger partial charge in [-0.25, -0.2) is 0 Å². The molecule has 0 aliphatic carbocycles. The Balaban J connectivity index is 2.64. The van der Waals surface area contributed by atoms with Crippen molar-refractivity contribution in [2.45, 2.75) is 45.6 Å². The minimum absolute atomic E-state index is 0.0575.